The molecular weight excluding hydrogens is 419 g/mol. The van der Waals surface area contributed by atoms with E-state index in [9.17, 15) is 27.6 Å². The molecule has 1 aliphatic heterocycles. The van der Waals surface area contributed by atoms with Crippen molar-refractivity contribution in [2.75, 3.05) is 0 Å². The standard InChI is InChI=1S/C22H19ClF3NO3/c1-13(29)20(3-2-8-28)27-12-16-10-14(4-6-17(16)21(27)30)9-15-5-7-18(19(23)11-15)22(24,25)26/h4-8,10-11,20H,2-3,9,12H2,1H3. The zero-order valence-corrected chi connectivity index (χ0v) is 16.9. The summed E-state index contributed by atoms with van der Waals surface area (Å²) in [7, 11) is 0. The Balaban J connectivity index is 1.80. The summed E-state index contributed by atoms with van der Waals surface area (Å²) in [5.41, 5.74) is 1.77. The van der Waals surface area contributed by atoms with Crippen LogP contribution in [0.15, 0.2) is 36.4 Å². The molecule has 1 amide bonds. The SMILES string of the molecule is CC(=O)C(CCC=O)N1Cc2cc(Cc3ccc(C(F)(F)F)c(Cl)c3)ccc2C1=O. The van der Waals surface area contributed by atoms with Crippen molar-refractivity contribution in [2.24, 2.45) is 0 Å². The van der Waals surface area contributed by atoms with Gasteiger partial charge in [-0.25, -0.2) is 0 Å². The molecule has 1 atom stereocenters. The Morgan fingerprint density at radius 2 is 1.87 bits per heavy atom. The van der Waals surface area contributed by atoms with Gasteiger partial charge in [-0.2, -0.15) is 13.2 Å². The minimum atomic E-state index is -4.51. The number of ketones is 1. The summed E-state index contributed by atoms with van der Waals surface area (Å²) < 4.78 is 38.6. The number of amides is 1. The van der Waals surface area contributed by atoms with Crippen LogP contribution < -0.4 is 0 Å². The lowest BCUT2D eigenvalue weighted by Gasteiger charge is -2.24. The Hall–Kier alpha value is -2.67. The average Bonchev–Trinajstić information content (AvgIpc) is 2.97. The summed E-state index contributed by atoms with van der Waals surface area (Å²) in [4.78, 5) is 36.8. The second-order valence-corrected chi connectivity index (χ2v) is 7.69. The van der Waals surface area contributed by atoms with E-state index in [1.165, 1.54) is 24.0 Å². The van der Waals surface area contributed by atoms with Crippen LogP contribution in [0.5, 0.6) is 0 Å². The largest absolute Gasteiger partial charge is 0.417 e. The first kappa shape index (κ1) is 22.0. The van der Waals surface area contributed by atoms with Gasteiger partial charge in [-0.05, 0) is 54.7 Å². The van der Waals surface area contributed by atoms with Gasteiger partial charge in [0.1, 0.15) is 6.29 Å². The molecule has 4 nitrogen and oxygen atoms in total. The van der Waals surface area contributed by atoms with E-state index < -0.39 is 17.8 Å². The maximum Gasteiger partial charge on any atom is 0.417 e. The van der Waals surface area contributed by atoms with Gasteiger partial charge in [-0.1, -0.05) is 29.8 Å². The molecule has 0 aliphatic carbocycles. The molecule has 3 rings (SSSR count). The summed E-state index contributed by atoms with van der Waals surface area (Å²) in [6.07, 6.45) is -2.98. The van der Waals surface area contributed by atoms with Crippen LogP contribution in [0.1, 0.15) is 52.4 Å². The third-order valence-electron chi connectivity index (χ3n) is 5.15. The zero-order valence-electron chi connectivity index (χ0n) is 16.1. The minimum absolute atomic E-state index is 0.183. The Labute approximate surface area is 176 Å². The highest BCUT2D eigenvalue weighted by atomic mass is 35.5. The number of fused-ring (bicyclic) bond motifs is 1. The smallest absolute Gasteiger partial charge is 0.324 e. The van der Waals surface area contributed by atoms with Crippen molar-refractivity contribution in [1.82, 2.24) is 4.90 Å². The van der Waals surface area contributed by atoms with Crippen LogP contribution in [-0.2, 0) is 28.7 Å². The summed E-state index contributed by atoms with van der Waals surface area (Å²) in [5, 5.41) is -0.359. The molecule has 0 bridgehead atoms. The van der Waals surface area contributed by atoms with Crippen molar-refractivity contribution in [2.45, 2.75) is 44.9 Å². The number of rotatable bonds is 7. The summed E-state index contributed by atoms with van der Waals surface area (Å²) in [6.45, 7) is 1.64. The van der Waals surface area contributed by atoms with Crippen LogP contribution in [0, 0.1) is 0 Å². The number of benzene rings is 2. The summed E-state index contributed by atoms with van der Waals surface area (Å²) in [6, 6.07) is 8.18. The summed E-state index contributed by atoms with van der Waals surface area (Å²) >= 11 is 5.79. The van der Waals surface area contributed by atoms with Crippen molar-refractivity contribution in [3.8, 4) is 0 Å². The van der Waals surface area contributed by atoms with Gasteiger partial charge in [-0.3, -0.25) is 9.59 Å². The van der Waals surface area contributed by atoms with Crippen molar-refractivity contribution in [1.29, 1.82) is 0 Å². The number of hydrogen-bond donors (Lipinski definition) is 0. The van der Waals surface area contributed by atoms with Crippen LogP contribution in [0.3, 0.4) is 0 Å². The first-order valence-electron chi connectivity index (χ1n) is 9.34. The van der Waals surface area contributed by atoms with E-state index in [0.29, 0.717) is 17.5 Å². The maximum absolute atomic E-state index is 12.9. The highest BCUT2D eigenvalue weighted by Gasteiger charge is 2.35. The van der Waals surface area contributed by atoms with Gasteiger partial charge >= 0.3 is 6.18 Å². The van der Waals surface area contributed by atoms with Crippen molar-refractivity contribution >= 4 is 29.6 Å². The van der Waals surface area contributed by atoms with Gasteiger partial charge < -0.3 is 9.69 Å². The van der Waals surface area contributed by atoms with Gasteiger partial charge in [0.25, 0.3) is 5.91 Å². The number of alkyl halides is 3. The second-order valence-electron chi connectivity index (χ2n) is 7.28. The Morgan fingerprint density at radius 3 is 2.47 bits per heavy atom. The Bertz CT molecular complexity index is 1000. The van der Waals surface area contributed by atoms with Crippen LogP contribution in [0.2, 0.25) is 5.02 Å². The van der Waals surface area contributed by atoms with E-state index in [4.69, 9.17) is 11.6 Å². The molecule has 2 aromatic rings. The topological polar surface area (TPSA) is 54.5 Å². The molecule has 0 aromatic heterocycles. The van der Waals surface area contributed by atoms with E-state index in [1.807, 2.05) is 6.07 Å². The number of carbonyl (C=O) groups excluding carboxylic acids is 3. The van der Waals surface area contributed by atoms with Gasteiger partial charge in [0.05, 0.1) is 16.6 Å². The lowest BCUT2D eigenvalue weighted by molar-refractivity contribution is -0.137. The number of halogens is 4. The van der Waals surface area contributed by atoms with Crippen LogP contribution >= 0.6 is 11.6 Å². The lowest BCUT2D eigenvalue weighted by atomic mass is 9.99. The molecule has 0 radical (unpaired) electrons. The highest BCUT2D eigenvalue weighted by Crippen LogP contribution is 2.35. The molecule has 0 N–H and O–H groups in total. The number of carbonyl (C=O) groups is 3. The average molecular weight is 438 g/mol. The second kappa shape index (κ2) is 8.60. The first-order chi connectivity index (χ1) is 14.1. The predicted molar refractivity (Wildman–Crippen MR) is 105 cm³/mol. The third-order valence-corrected chi connectivity index (χ3v) is 5.46. The molecule has 8 heteroatoms. The van der Waals surface area contributed by atoms with E-state index in [0.717, 1.165) is 23.5 Å². The van der Waals surface area contributed by atoms with Crippen molar-refractivity contribution in [3.05, 3.63) is 69.2 Å². The van der Waals surface area contributed by atoms with Gasteiger partial charge in [0.2, 0.25) is 0 Å². The number of hydrogen-bond acceptors (Lipinski definition) is 3. The van der Waals surface area contributed by atoms with Crippen LogP contribution in [0.4, 0.5) is 13.2 Å². The molecule has 0 fully saturated rings. The fraction of sp³-hybridized carbons (Fsp3) is 0.318. The quantitative estimate of drug-likeness (QED) is 0.582. The zero-order chi connectivity index (χ0) is 22.1. The van der Waals surface area contributed by atoms with E-state index in [1.54, 1.807) is 12.1 Å². The molecule has 1 unspecified atom stereocenters. The molecule has 1 heterocycles. The van der Waals surface area contributed by atoms with Crippen LogP contribution in [0.25, 0.3) is 0 Å². The number of aldehydes is 1. The lowest BCUT2D eigenvalue weighted by Crippen LogP contribution is -2.40. The highest BCUT2D eigenvalue weighted by molar-refractivity contribution is 6.31. The molecule has 0 saturated heterocycles. The molecule has 30 heavy (non-hydrogen) atoms. The fourth-order valence-electron chi connectivity index (χ4n) is 3.70. The van der Waals surface area contributed by atoms with E-state index in [-0.39, 0.29) is 36.1 Å². The minimum Gasteiger partial charge on any atom is -0.324 e. The van der Waals surface area contributed by atoms with Crippen molar-refractivity contribution in [3.63, 3.8) is 0 Å². The fourth-order valence-corrected chi connectivity index (χ4v) is 4.01. The molecule has 158 valence electrons. The number of nitrogens with zero attached hydrogens (tertiary/aromatic N) is 1. The summed E-state index contributed by atoms with van der Waals surface area (Å²) in [5.74, 6) is -0.446. The predicted octanol–water partition coefficient (Wildman–Crippen LogP) is 4.84. The molecule has 1 aliphatic rings. The molecule has 2 aromatic carbocycles. The Kier molecular flexibility index (Phi) is 6.31. The van der Waals surface area contributed by atoms with E-state index >= 15 is 0 Å². The van der Waals surface area contributed by atoms with Crippen molar-refractivity contribution < 1.29 is 27.6 Å². The van der Waals surface area contributed by atoms with Gasteiger partial charge in [0, 0.05) is 18.5 Å². The maximum atomic E-state index is 12.9. The Morgan fingerprint density at radius 1 is 1.20 bits per heavy atom. The van der Waals surface area contributed by atoms with Crippen LogP contribution in [-0.4, -0.2) is 28.9 Å². The van der Waals surface area contributed by atoms with E-state index in [2.05, 4.69) is 0 Å². The monoisotopic (exact) mass is 437 g/mol. The molecule has 0 spiro atoms. The van der Waals surface area contributed by atoms with Gasteiger partial charge in [-0.15, -0.1) is 0 Å². The van der Waals surface area contributed by atoms with Gasteiger partial charge in [0.15, 0.2) is 5.78 Å². The number of Topliss-reactive ketones (excluding diaryl/α,β-unsaturated/α-hetero) is 1. The molecular formula is C22H19ClF3NO3. The molecule has 0 saturated carbocycles. The normalized spacial score (nSPS) is 14.6. The first-order valence-corrected chi connectivity index (χ1v) is 9.72. The third kappa shape index (κ3) is 4.56.